The third-order valence-corrected chi connectivity index (χ3v) is 4.21. The molecule has 0 bridgehead atoms. The van der Waals surface area contributed by atoms with Crippen LogP contribution in [0.4, 0.5) is 5.13 Å². The molecule has 0 atom stereocenters. The zero-order valence-corrected chi connectivity index (χ0v) is 13.0. The number of benzene rings is 1. The van der Waals surface area contributed by atoms with E-state index in [1.54, 1.807) is 18.5 Å². The molecule has 0 aliphatic heterocycles. The van der Waals surface area contributed by atoms with Crippen molar-refractivity contribution in [2.45, 2.75) is 13.8 Å². The van der Waals surface area contributed by atoms with Gasteiger partial charge in [-0.05, 0) is 49.2 Å². The monoisotopic (exact) mass is 310 g/mol. The zero-order chi connectivity index (χ0) is 15.5. The molecule has 110 valence electrons. The molecule has 1 amide bonds. The van der Waals surface area contributed by atoms with Crippen LogP contribution in [0.15, 0.2) is 42.7 Å². The van der Waals surface area contributed by atoms with Crippen LogP contribution in [0.5, 0.6) is 0 Å². The van der Waals surface area contributed by atoms with E-state index in [4.69, 9.17) is 0 Å². The molecule has 0 spiro atoms. The molecule has 1 N–H and O–H groups in total. The zero-order valence-electron chi connectivity index (χ0n) is 12.2. The molecule has 0 unspecified atom stereocenters. The minimum Gasteiger partial charge on any atom is -0.296 e. The quantitative estimate of drug-likeness (QED) is 0.804. The van der Waals surface area contributed by atoms with Gasteiger partial charge in [-0.15, -0.1) is 10.2 Å². The molecule has 0 aliphatic carbocycles. The second-order valence-corrected chi connectivity index (χ2v) is 5.88. The molecular formula is C16H14N4OS. The van der Waals surface area contributed by atoms with Crippen molar-refractivity contribution in [2.24, 2.45) is 0 Å². The predicted octanol–water partition coefficient (Wildman–Crippen LogP) is 3.47. The van der Waals surface area contributed by atoms with Crippen molar-refractivity contribution in [3.63, 3.8) is 0 Å². The smallest absolute Gasteiger partial charge is 0.257 e. The van der Waals surface area contributed by atoms with Crippen molar-refractivity contribution in [2.75, 3.05) is 5.32 Å². The second-order valence-electron chi connectivity index (χ2n) is 4.91. The molecule has 5 nitrogen and oxygen atoms in total. The lowest BCUT2D eigenvalue weighted by Crippen LogP contribution is -2.12. The summed E-state index contributed by atoms with van der Waals surface area (Å²) in [4.78, 5) is 16.3. The number of carbonyl (C=O) groups excluding carboxylic acids is 1. The Labute approximate surface area is 132 Å². The molecule has 0 radical (unpaired) electrons. The first-order valence-corrected chi connectivity index (χ1v) is 7.57. The van der Waals surface area contributed by atoms with Gasteiger partial charge in [0.2, 0.25) is 5.13 Å². The van der Waals surface area contributed by atoms with Crippen LogP contribution in [-0.2, 0) is 0 Å². The SMILES string of the molecule is Cc1ccc(C(=O)Nc2nnc(-c3cccnc3)s2)cc1C. The first kappa shape index (κ1) is 14.3. The molecule has 1 aromatic carbocycles. The van der Waals surface area contributed by atoms with Crippen LogP contribution in [0.1, 0.15) is 21.5 Å². The Balaban J connectivity index is 1.77. The Morgan fingerprint density at radius 2 is 2.00 bits per heavy atom. The number of hydrogen-bond acceptors (Lipinski definition) is 5. The van der Waals surface area contributed by atoms with Crippen LogP contribution in [0.2, 0.25) is 0 Å². The highest BCUT2D eigenvalue weighted by atomic mass is 32.1. The lowest BCUT2D eigenvalue weighted by atomic mass is 10.1. The van der Waals surface area contributed by atoms with Gasteiger partial charge in [-0.3, -0.25) is 15.1 Å². The summed E-state index contributed by atoms with van der Waals surface area (Å²) in [5, 5.41) is 12.1. The summed E-state index contributed by atoms with van der Waals surface area (Å²) in [5.41, 5.74) is 3.74. The summed E-state index contributed by atoms with van der Waals surface area (Å²) in [7, 11) is 0. The number of aromatic nitrogens is 3. The Morgan fingerprint density at radius 3 is 2.73 bits per heavy atom. The maximum atomic E-state index is 12.2. The molecule has 0 fully saturated rings. The third kappa shape index (κ3) is 3.01. The van der Waals surface area contributed by atoms with Gasteiger partial charge >= 0.3 is 0 Å². The Morgan fingerprint density at radius 1 is 1.14 bits per heavy atom. The summed E-state index contributed by atoms with van der Waals surface area (Å²) in [6, 6.07) is 9.35. The molecule has 6 heteroatoms. The summed E-state index contributed by atoms with van der Waals surface area (Å²) >= 11 is 1.32. The number of hydrogen-bond donors (Lipinski definition) is 1. The van der Waals surface area contributed by atoms with Gasteiger partial charge in [0.25, 0.3) is 5.91 Å². The maximum Gasteiger partial charge on any atom is 0.257 e. The molecule has 22 heavy (non-hydrogen) atoms. The van der Waals surface area contributed by atoms with E-state index in [-0.39, 0.29) is 5.91 Å². The molecule has 0 saturated heterocycles. The molecule has 3 aromatic rings. The average Bonchev–Trinajstić information content (AvgIpc) is 2.99. The van der Waals surface area contributed by atoms with E-state index in [0.717, 1.165) is 21.7 Å². The van der Waals surface area contributed by atoms with E-state index in [1.165, 1.54) is 11.3 Å². The highest BCUT2D eigenvalue weighted by Crippen LogP contribution is 2.25. The summed E-state index contributed by atoms with van der Waals surface area (Å²) < 4.78 is 0. The number of aryl methyl sites for hydroxylation is 2. The first-order chi connectivity index (χ1) is 10.6. The number of amides is 1. The Bertz CT molecular complexity index is 814. The third-order valence-electron chi connectivity index (χ3n) is 3.32. The fourth-order valence-electron chi connectivity index (χ4n) is 1.93. The predicted molar refractivity (Wildman–Crippen MR) is 87.0 cm³/mol. The topological polar surface area (TPSA) is 67.8 Å². The number of anilines is 1. The highest BCUT2D eigenvalue weighted by molar-refractivity contribution is 7.18. The number of pyridine rings is 1. The van der Waals surface area contributed by atoms with Crippen LogP contribution >= 0.6 is 11.3 Å². The standard InChI is InChI=1S/C16H14N4OS/c1-10-5-6-12(8-11(10)2)14(21)18-16-20-19-15(22-16)13-4-3-7-17-9-13/h3-9H,1-2H3,(H,18,20,21). The lowest BCUT2D eigenvalue weighted by molar-refractivity contribution is 0.102. The van der Waals surface area contributed by atoms with Crippen LogP contribution in [-0.4, -0.2) is 21.1 Å². The van der Waals surface area contributed by atoms with Crippen LogP contribution in [0, 0.1) is 13.8 Å². The van der Waals surface area contributed by atoms with Gasteiger partial charge < -0.3 is 0 Å². The first-order valence-electron chi connectivity index (χ1n) is 6.76. The van der Waals surface area contributed by atoms with Crippen molar-refractivity contribution < 1.29 is 4.79 Å². The summed E-state index contributed by atoms with van der Waals surface area (Å²) in [6.45, 7) is 4.00. The van der Waals surface area contributed by atoms with Crippen molar-refractivity contribution in [3.8, 4) is 10.6 Å². The second kappa shape index (κ2) is 6.03. The number of rotatable bonds is 3. The molecule has 3 rings (SSSR count). The number of nitrogens with zero attached hydrogens (tertiary/aromatic N) is 3. The van der Waals surface area contributed by atoms with Gasteiger partial charge in [-0.1, -0.05) is 17.4 Å². The van der Waals surface area contributed by atoms with Crippen LogP contribution < -0.4 is 5.32 Å². The fourth-order valence-corrected chi connectivity index (χ4v) is 2.66. The van der Waals surface area contributed by atoms with Crippen molar-refractivity contribution in [3.05, 3.63) is 59.4 Å². The van der Waals surface area contributed by atoms with E-state index in [0.29, 0.717) is 10.7 Å². The highest BCUT2D eigenvalue weighted by Gasteiger charge is 2.11. The van der Waals surface area contributed by atoms with Gasteiger partial charge in [-0.2, -0.15) is 0 Å². The van der Waals surface area contributed by atoms with Gasteiger partial charge in [-0.25, -0.2) is 0 Å². The van der Waals surface area contributed by atoms with Crippen molar-refractivity contribution in [1.82, 2.24) is 15.2 Å². The Kier molecular flexibility index (Phi) is 3.93. The van der Waals surface area contributed by atoms with Gasteiger partial charge in [0.15, 0.2) is 5.01 Å². The molecule has 0 aliphatic rings. The van der Waals surface area contributed by atoms with Crippen LogP contribution in [0.3, 0.4) is 0 Å². The van der Waals surface area contributed by atoms with E-state index in [1.807, 2.05) is 38.1 Å². The Hall–Kier alpha value is -2.60. The summed E-state index contributed by atoms with van der Waals surface area (Å²) in [6.07, 6.45) is 3.42. The van der Waals surface area contributed by atoms with E-state index < -0.39 is 0 Å². The largest absolute Gasteiger partial charge is 0.296 e. The maximum absolute atomic E-state index is 12.2. The number of carbonyl (C=O) groups is 1. The molecule has 2 aromatic heterocycles. The average molecular weight is 310 g/mol. The fraction of sp³-hybridized carbons (Fsp3) is 0.125. The summed E-state index contributed by atoms with van der Waals surface area (Å²) in [5.74, 6) is -0.183. The molecule has 2 heterocycles. The van der Waals surface area contributed by atoms with Crippen molar-refractivity contribution in [1.29, 1.82) is 0 Å². The molecular weight excluding hydrogens is 296 g/mol. The van der Waals surface area contributed by atoms with E-state index in [9.17, 15) is 4.79 Å². The van der Waals surface area contributed by atoms with Crippen molar-refractivity contribution >= 4 is 22.4 Å². The number of nitrogens with one attached hydrogen (secondary N) is 1. The van der Waals surface area contributed by atoms with Gasteiger partial charge in [0.1, 0.15) is 0 Å². The minimum atomic E-state index is -0.183. The molecule has 0 saturated carbocycles. The normalized spacial score (nSPS) is 10.5. The minimum absolute atomic E-state index is 0.183. The van der Waals surface area contributed by atoms with Gasteiger partial charge in [0, 0.05) is 23.5 Å². The van der Waals surface area contributed by atoms with E-state index >= 15 is 0 Å². The van der Waals surface area contributed by atoms with Gasteiger partial charge in [0.05, 0.1) is 0 Å². The lowest BCUT2D eigenvalue weighted by Gasteiger charge is -2.04. The van der Waals surface area contributed by atoms with E-state index in [2.05, 4.69) is 20.5 Å². The van der Waals surface area contributed by atoms with Crippen LogP contribution in [0.25, 0.3) is 10.6 Å².